The van der Waals surface area contributed by atoms with Gasteiger partial charge in [0.1, 0.15) is 0 Å². The molecular formula is C27H41N5S. The molecule has 6 heteroatoms. The number of rotatable bonds is 9. The lowest BCUT2D eigenvalue weighted by Gasteiger charge is -2.37. The molecule has 5 nitrogen and oxygen atoms in total. The van der Waals surface area contributed by atoms with Crippen LogP contribution in [0.25, 0.3) is 5.57 Å². The van der Waals surface area contributed by atoms with Crippen LogP contribution in [0.1, 0.15) is 43.5 Å². The molecule has 1 aliphatic heterocycles. The van der Waals surface area contributed by atoms with Crippen molar-refractivity contribution in [2.75, 3.05) is 32.0 Å². The van der Waals surface area contributed by atoms with Gasteiger partial charge in [-0.15, -0.1) is 9.39 Å². The van der Waals surface area contributed by atoms with Gasteiger partial charge in [-0.1, -0.05) is 56.4 Å². The summed E-state index contributed by atoms with van der Waals surface area (Å²) >= 11 is 0. The van der Waals surface area contributed by atoms with Crippen LogP contribution in [0, 0.1) is 25.7 Å². The van der Waals surface area contributed by atoms with Gasteiger partial charge in [0.05, 0.1) is 4.90 Å². The van der Waals surface area contributed by atoms with Gasteiger partial charge < -0.3 is 10.6 Å². The van der Waals surface area contributed by atoms with Crippen molar-refractivity contribution >= 4 is 32.5 Å². The third-order valence-electron chi connectivity index (χ3n) is 6.61. The molecule has 0 saturated carbocycles. The molecule has 2 aromatic rings. The fraction of sp³-hybridized carbons (Fsp3) is 0.444. The Morgan fingerprint density at radius 2 is 1.91 bits per heavy atom. The average Bonchev–Trinajstić information content (AvgIpc) is 3.18. The maximum absolute atomic E-state index is 4.56. The maximum Gasteiger partial charge on any atom is 0.161 e. The molecular weight excluding hydrogens is 426 g/mol. The summed E-state index contributed by atoms with van der Waals surface area (Å²) in [4.78, 5) is 1.14. The fourth-order valence-electron chi connectivity index (χ4n) is 4.53. The summed E-state index contributed by atoms with van der Waals surface area (Å²) in [6.07, 6.45) is 4.51. The first-order valence-corrected chi connectivity index (χ1v) is 13.8. The molecule has 1 aromatic carbocycles. The number of aryl methyl sites for hydroxylation is 2. The molecule has 180 valence electrons. The number of hydrogen-bond donors (Lipinski definition) is 3. The number of aromatic amines is 1. The first-order chi connectivity index (χ1) is 15.6. The summed E-state index contributed by atoms with van der Waals surface area (Å²) in [5.41, 5.74) is 5.86. The Morgan fingerprint density at radius 3 is 2.52 bits per heavy atom. The Kier molecular flexibility index (Phi) is 8.14. The van der Waals surface area contributed by atoms with Gasteiger partial charge in [0, 0.05) is 38.1 Å². The van der Waals surface area contributed by atoms with Crippen LogP contribution in [-0.4, -0.2) is 52.9 Å². The molecule has 1 saturated heterocycles. The Morgan fingerprint density at radius 1 is 1.24 bits per heavy atom. The summed E-state index contributed by atoms with van der Waals surface area (Å²) in [6.45, 7) is 16.0. The second-order valence-corrected chi connectivity index (χ2v) is 12.1. The van der Waals surface area contributed by atoms with E-state index in [0.717, 1.165) is 54.5 Å². The Balaban J connectivity index is 1.61. The lowest BCUT2D eigenvalue weighted by atomic mass is 9.96. The molecule has 0 aliphatic carbocycles. The SMILES string of the molecule is C=C(/C=C(/NCC1CCN(S(=C)(=C)c2c(NC)n[nH]c2C)CC1)C(C)C)c1ccccc1C. The highest BCUT2D eigenvalue weighted by Gasteiger charge is 2.26. The van der Waals surface area contributed by atoms with E-state index in [-0.39, 0.29) is 0 Å². The van der Waals surface area contributed by atoms with Crippen molar-refractivity contribution in [3.05, 3.63) is 59.4 Å². The smallest absolute Gasteiger partial charge is 0.161 e. The molecule has 1 aromatic heterocycles. The zero-order valence-corrected chi connectivity index (χ0v) is 21.8. The number of anilines is 1. The predicted octanol–water partition coefficient (Wildman–Crippen LogP) is 5.57. The summed E-state index contributed by atoms with van der Waals surface area (Å²) in [5, 5.41) is 14.4. The van der Waals surface area contributed by atoms with E-state index >= 15 is 0 Å². The first-order valence-electron chi connectivity index (χ1n) is 11.8. The average molecular weight is 468 g/mol. The highest BCUT2D eigenvalue weighted by atomic mass is 32.2. The molecule has 3 rings (SSSR count). The van der Waals surface area contributed by atoms with Gasteiger partial charge in [0.25, 0.3) is 0 Å². The number of H-pyrrole nitrogens is 1. The zero-order chi connectivity index (χ0) is 24.2. The van der Waals surface area contributed by atoms with E-state index in [9.17, 15) is 0 Å². The number of nitrogens with one attached hydrogen (secondary N) is 3. The van der Waals surface area contributed by atoms with Crippen molar-refractivity contribution in [1.82, 2.24) is 19.8 Å². The lowest BCUT2D eigenvalue weighted by molar-refractivity contribution is 0.285. The van der Waals surface area contributed by atoms with Crippen molar-refractivity contribution in [1.29, 1.82) is 0 Å². The largest absolute Gasteiger partial charge is 0.388 e. The van der Waals surface area contributed by atoms with Crippen molar-refractivity contribution < 1.29 is 0 Å². The van der Waals surface area contributed by atoms with E-state index in [2.05, 4.69) is 101 Å². The molecule has 0 unspecified atom stereocenters. The predicted molar refractivity (Wildman–Crippen MR) is 148 cm³/mol. The van der Waals surface area contributed by atoms with Gasteiger partial charge in [0.2, 0.25) is 0 Å². The molecule has 3 N–H and O–H groups in total. The van der Waals surface area contributed by atoms with Crippen LogP contribution in [0.15, 0.2) is 47.5 Å². The minimum atomic E-state index is -1.58. The molecule has 0 amide bonds. The van der Waals surface area contributed by atoms with Crippen molar-refractivity contribution in [2.45, 2.75) is 45.4 Å². The van der Waals surface area contributed by atoms with Crippen molar-refractivity contribution in [2.24, 2.45) is 11.8 Å². The molecule has 33 heavy (non-hydrogen) atoms. The summed E-state index contributed by atoms with van der Waals surface area (Å²) in [7, 11) is 0.326. The minimum Gasteiger partial charge on any atom is -0.388 e. The standard InChI is InChI=1S/C27H41N5S/c1-19(2)25(17-21(4)24-12-10-9-11-20(24)3)29-18-23-13-15-32(16-14-23)33(7,8)26-22(5)30-31-27(26)28-6/h9-12,17,19,23,29H,4,7-8,13-16,18H2,1-3,5-6H3,(H2,28,30,31)/b25-17+. The molecule has 1 aliphatic rings. The van der Waals surface area contributed by atoms with Gasteiger partial charge in [-0.05, 0) is 61.3 Å². The summed E-state index contributed by atoms with van der Waals surface area (Å²) in [5.74, 6) is 11.1. The minimum absolute atomic E-state index is 0.423. The normalized spacial score (nSPS) is 16.2. The highest BCUT2D eigenvalue weighted by Crippen LogP contribution is 2.43. The van der Waals surface area contributed by atoms with Gasteiger partial charge in [-0.2, -0.15) is 5.10 Å². The van der Waals surface area contributed by atoms with E-state index in [1.54, 1.807) is 0 Å². The number of piperidine rings is 1. The summed E-state index contributed by atoms with van der Waals surface area (Å²) < 4.78 is 2.47. The Labute approximate surface area is 201 Å². The molecule has 0 spiro atoms. The number of allylic oxidation sites excluding steroid dienone is 3. The molecule has 0 atom stereocenters. The monoisotopic (exact) mass is 467 g/mol. The maximum atomic E-state index is 4.56. The summed E-state index contributed by atoms with van der Waals surface area (Å²) in [6, 6.07) is 8.44. The second-order valence-electron chi connectivity index (χ2n) is 9.47. The first kappa shape index (κ1) is 25.2. The molecule has 1 fully saturated rings. The number of aromatic nitrogens is 2. The van der Waals surface area contributed by atoms with Gasteiger partial charge in [-0.3, -0.25) is 9.40 Å². The van der Waals surface area contributed by atoms with Crippen LogP contribution in [0.2, 0.25) is 0 Å². The van der Waals surface area contributed by atoms with Crippen molar-refractivity contribution in [3.63, 3.8) is 0 Å². The molecule has 2 heterocycles. The number of benzene rings is 1. The topological polar surface area (TPSA) is 56.0 Å². The third kappa shape index (κ3) is 5.74. The molecule has 0 radical (unpaired) electrons. The van der Waals surface area contributed by atoms with E-state index in [0.29, 0.717) is 11.8 Å². The second kappa shape index (κ2) is 10.7. The fourth-order valence-corrected chi connectivity index (χ4v) is 6.82. The number of hydrogen-bond acceptors (Lipinski definition) is 4. The van der Waals surface area contributed by atoms with Crippen molar-refractivity contribution in [3.8, 4) is 0 Å². The molecule has 0 bridgehead atoms. The Bertz CT molecular complexity index is 1100. The van der Waals surface area contributed by atoms with Crippen LogP contribution in [0.4, 0.5) is 5.82 Å². The van der Waals surface area contributed by atoms with Crippen LogP contribution in [0.3, 0.4) is 0 Å². The van der Waals surface area contributed by atoms with E-state index in [4.69, 9.17) is 0 Å². The van der Waals surface area contributed by atoms with Crippen LogP contribution in [-0.2, 0) is 0 Å². The third-order valence-corrected chi connectivity index (χ3v) is 9.23. The van der Waals surface area contributed by atoms with E-state index in [1.165, 1.54) is 16.8 Å². The quantitative estimate of drug-likeness (QED) is 0.334. The van der Waals surface area contributed by atoms with Gasteiger partial charge in [0.15, 0.2) is 5.82 Å². The Hall–Kier alpha value is -2.44. The number of nitrogens with zero attached hydrogens (tertiary/aromatic N) is 2. The lowest BCUT2D eigenvalue weighted by Crippen LogP contribution is -2.36. The van der Waals surface area contributed by atoms with Crippen LogP contribution >= 0.6 is 9.39 Å². The highest BCUT2D eigenvalue weighted by molar-refractivity contribution is 8.26. The van der Waals surface area contributed by atoms with E-state index < -0.39 is 9.39 Å². The zero-order valence-electron chi connectivity index (χ0n) is 21.0. The van der Waals surface area contributed by atoms with Gasteiger partial charge in [-0.25, -0.2) is 0 Å². The van der Waals surface area contributed by atoms with Gasteiger partial charge >= 0.3 is 0 Å². The van der Waals surface area contributed by atoms with E-state index in [1.807, 2.05) is 7.05 Å². The van der Waals surface area contributed by atoms with Crippen LogP contribution < -0.4 is 10.6 Å². The van der Waals surface area contributed by atoms with Crippen LogP contribution in [0.5, 0.6) is 0 Å².